The minimum absolute atomic E-state index is 0.0125. The topological polar surface area (TPSA) is 63.1 Å². The molecule has 12 heavy (non-hydrogen) atoms. The van der Waals surface area contributed by atoms with Crippen LogP contribution in [0.15, 0.2) is 0 Å². The van der Waals surface area contributed by atoms with E-state index < -0.39 is 5.97 Å². The van der Waals surface area contributed by atoms with Crippen LogP contribution in [0.25, 0.3) is 0 Å². The zero-order valence-electron chi connectivity index (χ0n) is 6.78. The number of nitrogens with zero attached hydrogens (tertiary/aromatic N) is 2. The quantitative estimate of drug-likeness (QED) is 0.765. The van der Waals surface area contributed by atoms with Gasteiger partial charge in [-0.1, -0.05) is 6.92 Å². The van der Waals surface area contributed by atoms with Crippen molar-refractivity contribution in [1.29, 1.82) is 0 Å². The van der Waals surface area contributed by atoms with Gasteiger partial charge in [0.15, 0.2) is 0 Å². The molecule has 0 aliphatic heterocycles. The lowest BCUT2D eigenvalue weighted by Crippen LogP contribution is -1.99. The van der Waals surface area contributed by atoms with E-state index in [4.69, 9.17) is 5.11 Å². The van der Waals surface area contributed by atoms with E-state index in [0.29, 0.717) is 5.01 Å². The van der Waals surface area contributed by atoms with E-state index in [9.17, 15) is 4.79 Å². The predicted octanol–water partition coefficient (Wildman–Crippen LogP) is 1.12. The second-order valence-electron chi connectivity index (χ2n) is 2.42. The minimum atomic E-state index is -0.853. The summed E-state index contributed by atoms with van der Waals surface area (Å²) in [6.07, 6.45) is 1.81. The molecule has 1 aromatic rings. The van der Waals surface area contributed by atoms with Crippen LogP contribution in [0.2, 0.25) is 0 Å². The Hall–Kier alpha value is -0.970. The van der Waals surface area contributed by atoms with E-state index >= 15 is 0 Å². The first-order valence-corrected chi connectivity index (χ1v) is 4.53. The lowest BCUT2D eigenvalue weighted by atomic mass is 10.3. The zero-order valence-corrected chi connectivity index (χ0v) is 7.60. The molecule has 1 aromatic heterocycles. The summed E-state index contributed by atoms with van der Waals surface area (Å²) in [5, 5.41) is 9.03. The highest BCUT2D eigenvalue weighted by atomic mass is 32.1. The van der Waals surface area contributed by atoms with Gasteiger partial charge in [-0.25, -0.2) is 4.98 Å². The van der Waals surface area contributed by atoms with E-state index in [2.05, 4.69) is 9.36 Å². The summed E-state index contributed by atoms with van der Waals surface area (Å²) in [5.41, 5.74) is 0. The molecule has 1 N–H and O–H groups in total. The van der Waals surface area contributed by atoms with Crippen LogP contribution in [0.4, 0.5) is 0 Å². The Kier molecular flexibility index (Phi) is 3.16. The van der Waals surface area contributed by atoms with Crippen molar-refractivity contribution >= 4 is 17.5 Å². The fraction of sp³-hybridized carbons (Fsp3) is 0.571. The first-order chi connectivity index (χ1) is 5.72. The predicted molar refractivity (Wildman–Crippen MR) is 45.2 cm³/mol. The van der Waals surface area contributed by atoms with Crippen molar-refractivity contribution in [2.75, 3.05) is 0 Å². The van der Waals surface area contributed by atoms with Crippen LogP contribution >= 0.6 is 11.5 Å². The summed E-state index contributed by atoms with van der Waals surface area (Å²) in [6.45, 7) is 2.04. The SMILES string of the molecule is CCCc1nsc(CC(=O)O)n1. The molecule has 0 unspecified atom stereocenters. The van der Waals surface area contributed by atoms with E-state index in [1.807, 2.05) is 6.92 Å². The van der Waals surface area contributed by atoms with Gasteiger partial charge >= 0.3 is 5.97 Å². The molecule has 0 saturated heterocycles. The van der Waals surface area contributed by atoms with Crippen molar-refractivity contribution < 1.29 is 9.90 Å². The molecular weight excluding hydrogens is 176 g/mol. The summed E-state index contributed by atoms with van der Waals surface area (Å²) in [6, 6.07) is 0. The standard InChI is InChI=1S/C7H10N2O2S/c1-2-3-5-8-6(12-9-5)4-7(10)11/h2-4H2,1H3,(H,10,11). The Balaban J connectivity index is 2.58. The molecule has 0 fully saturated rings. The molecule has 4 nitrogen and oxygen atoms in total. The monoisotopic (exact) mass is 186 g/mol. The Labute approximate surface area is 74.4 Å². The van der Waals surface area contributed by atoms with Crippen molar-refractivity contribution in [3.63, 3.8) is 0 Å². The van der Waals surface area contributed by atoms with Gasteiger partial charge in [-0.3, -0.25) is 4.79 Å². The fourth-order valence-electron chi connectivity index (χ4n) is 0.816. The highest BCUT2D eigenvalue weighted by Crippen LogP contribution is 2.06. The Morgan fingerprint density at radius 3 is 3.00 bits per heavy atom. The molecule has 0 bridgehead atoms. The number of hydrogen-bond acceptors (Lipinski definition) is 4. The van der Waals surface area contributed by atoms with Gasteiger partial charge in [-0.05, 0) is 18.0 Å². The van der Waals surface area contributed by atoms with Gasteiger partial charge in [-0.15, -0.1) is 0 Å². The van der Waals surface area contributed by atoms with Crippen LogP contribution in [0.3, 0.4) is 0 Å². The Bertz CT molecular complexity index is 272. The summed E-state index contributed by atoms with van der Waals surface area (Å²) in [4.78, 5) is 14.3. The summed E-state index contributed by atoms with van der Waals surface area (Å²) in [5.74, 6) is -0.0899. The highest BCUT2D eigenvalue weighted by Gasteiger charge is 2.06. The van der Waals surface area contributed by atoms with Crippen LogP contribution in [-0.4, -0.2) is 20.4 Å². The largest absolute Gasteiger partial charge is 0.481 e. The number of carboxylic acid groups (broad SMARTS) is 1. The zero-order chi connectivity index (χ0) is 8.97. The second kappa shape index (κ2) is 4.15. The van der Waals surface area contributed by atoms with Gasteiger partial charge in [0.1, 0.15) is 10.8 Å². The van der Waals surface area contributed by atoms with Gasteiger partial charge in [0.05, 0.1) is 6.42 Å². The minimum Gasteiger partial charge on any atom is -0.481 e. The summed E-state index contributed by atoms with van der Waals surface area (Å²) < 4.78 is 4.03. The maximum atomic E-state index is 10.3. The van der Waals surface area contributed by atoms with E-state index in [-0.39, 0.29) is 6.42 Å². The molecule has 0 aromatic carbocycles. The van der Waals surface area contributed by atoms with Crippen LogP contribution in [0, 0.1) is 0 Å². The van der Waals surface area contributed by atoms with Crippen molar-refractivity contribution in [2.24, 2.45) is 0 Å². The highest BCUT2D eigenvalue weighted by molar-refractivity contribution is 7.05. The van der Waals surface area contributed by atoms with Crippen molar-refractivity contribution in [3.05, 3.63) is 10.8 Å². The molecule has 66 valence electrons. The summed E-state index contributed by atoms with van der Waals surface area (Å²) in [7, 11) is 0. The third kappa shape index (κ3) is 2.58. The number of aryl methyl sites for hydroxylation is 1. The van der Waals surface area contributed by atoms with Crippen molar-refractivity contribution in [3.8, 4) is 0 Å². The molecule has 0 aliphatic rings. The molecule has 0 spiro atoms. The normalized spacial score (nSPS) is 10.1. The molecule has 1 rings (SSSR count). The molecule has 0 radical (unpaired) electrons. The first-order valence-electron chi connectivity index (χ1n) is 3.75. The molecule has 0 amide bonds. The molecule has 0 aliphatic carbocycles. The van der Waals surface area contributed by atoms with Gasteiger partial charge in [0, 0.05) is 6.42 Å². The van der Waals surface area contributed by atoms with Gasteiger partial charge in [0.25, 0.3) is 0 Å². The lowest BCUT2D eigenvalue weighted by Gasteiger charge is -1.86. The summed E-state index contributed by atoms with van der Waals surface area (Å²) >= 11 is 1.18. The van der Waals surface area contributed by atoms with E-state index in [0.717, 1.165) is 18.7 Å². The van der Waals surface area contributed by atoms with Crippen molar-refractivity contribution in [2.45, 2.75) is 26.2 Å². The smallest absolute Gasteiger partial charge is 0.310 e. The molecule has 1 heterocycles. The Morgan fingerprint density at radius 1 is 1.67 bits per heavy atom. The average Bonchev–Trinajstić information content (AvgIpc) is 2.36. The molecule has 0 atom stereocenters. The van der Waals surface area contributed by atoms with E-state index in [1.165, 1.54) is 11.5 Å². The third-order valence-electron chi connectivity index (χ3n) is 1.29. The number of hydrogen-bond donors (Lipinski definition) is 1. The van der Waals surface area contributed by atoms with Gasteiger partial charge < -0.3 is 5.11 Å². The number of carboxylic acids is 1. The number of aliphatic carboxylic acids is 1. The lowest BCUT2D eigenvalue weighted by molar-refractivity contribution is -0.136. The number of rotatable bonds is 4. The average molecular weight is 186 g/mol. The van der Waals surface area contributed by atoms with Gasteiger partial charge in [-0.2, -0.15) is 4.37 Å². The van der Waals surface area contributed by atoms with Crippen LogP contribution in [-0.2, 0) is 17.6 Å². The van der Waals surface area contributed by atoms with Crippen LogP contribution in [0.1, 0.15) is 24.2 Å². The van der Waals surface area contributed by atoms with E-state index in [1.54, 1.807) is 0 Å². The van der Waals surface area contributed by atoms with Crippen molar-refractivity contribution in [1.82, 2.24) is 9.36 Å². The second-order valence-corrected chi connectivity index (χ2v) is 3.26. The molecule has 5 heteroatoms. The maximum Gasteiger partial charge on any atom is 0.310 e. The third-order valence-corrected chi connectivity index (χ3v) is 2.03. The maximum absolute atomic E-state index is 10.3. The molecular formula is C7H10N2O2S. The van der Waals surface area contributed by atoms with Crippen LogP contribution < -0.4 is 0 Å². The first kappa shape index (κ1) is 9.12. The van der Waals surface area contributed by atoms with Crippen LogP contribution in [0.5, 0.6) is 0 Å². The molecule has 0 saturated carbocycles. The fourth-order valence-corrected chi connectivity index (χ4v) is 1.49. The Morgan fingerprint density at radius 2 is 2.42 bits per heavy atom. The number of aromatic nitrogens is 2. The van der Waals surface area contributed by atoms with Gasteiger partial charge in [0.2, 0.25) is 0 Å². The number of carbonyl (C=O) groups is 1.